The molecular formula is C13H17ClN2OS. The molecule has 0 aromatic heterocycles. The van der Waals surface area contributed by atoms with E-state index < -0.39 is 0 Å². The maximum absolute atomic E-state index is 6.13. The van der Waals surface area contributed by atoms with E-state index in [1.165, 1.54) is 0 Å². The quantitative estimate of drug-likeness (QED) is 0.836. The molecule has 1 aromatic rings. The van der Waals surface area contributed by atoms with Crippen LogP contribution in [0, 0.1) is 6.92 Å². The van der Waals surface area contributed by atoms with Gasteiger partial charge in [0.2, 0.25) is 0 Å². The van der Waals surface area contributed by atoms with Crippen LogP contribution in [0.5, 0.6) is 0 Å². The van der Waals surface area contributed by atoms with Crippen molar-refractivity contribution in [2.45, 2.75) is 25.9 Å². The van der Waals surface area contributed by atoms with E-state index in [1.54, 1.807) is 0 Å². The van der Waals surface area contributed by atoms with Crippen molar-refractivity contribution in [3.63, 3.8) is 0 Å². The second-order valence-corrected chi connectivity index (χ2v) is 5.22. The summed E-state index contributed by atoms with van der Waals surface area (Å²) < 4.78 is 5.53. The molecule has 2 N–H and O–H groups in total. The number of hydrogen-bond acceptors (Lipinski definition) is 2. The second-order valence-electron chi connectivity index (χ2n) is 4.40. The molecule has 5 heteroatoms. The Morgan fingerprint density at radius 2 is 2.39 bits per heavy atom. The number of aryl methyl sites for hydroxylation is 1. The van der Waals surface area contributed by atoms with Crippen LogP contribution in [0.4, 0.5) is 5.69 Å². The monoisotopic (exact) mass is 284 g/mol. The largest absolute Gasteiger partial charge is 0.376 e. The van der Waals surface area contributed by atoms with Crippen molar-refractivity contribution in [2.75, 3.05) is 18.5 Å². The van der Waals surface area contributed by atoms with Crippen LogP contribution < -0.4 is 10.6 Å². The van der Waals surface area contributed by atoms with Crippen molar-refractivity contribution in [3.05, 3.63) is 28.8 Å². The highest BCUT2D eigenvalue weighted by Gasteiger charge is 2.15. The van der Waals surface area contributed by atoms with Gasteiger partial charge in [-0.1, -0.05) is 23.7 Å². The van der Waals surface area contributed by atoms with Crippen LogP contribution in [0.1, 0.15) is 18.4 Å². The predicted octanol–water partition coefficient (Wildman–Crippen LogP) is 3.11. The third-order valence-electron chi connectivity index (χ3n) is 2.97. The normalized spacial score (nSPS) is 18.7. The molecule has 3 nitrogen and oxygen atoms in total. The Hall–Kier alpha value is -0.840. The fraction of sp³-hybridized carbons (Fsp3) is 0.462. The predicted molar refractivity (Wildman–Crippen MR) is 79.4 cm³/mol. The summed E-state index contributed by atoms with van der Waals surface area (Å²) in [5.41, 5.74) is 1.94. The number of halogens is 1. The Kier molecular flexibility index (Phi) is 4.80. The number of thiocarbonyl (C=S) groups is 1. The van der Waals surface area contributed by atoms with Crippen LogP contribution >= 0.6 is 23.8 Å². The fourth-order valence-electron chi connectivity index (χ4n) is 1.96. The molecule has 0 amide bonds. The van der Waals surface area contributed by atoms with E-state index >= 15 is 0 Å². The van der Waals surface area contributed by atoms with Crippen LogP contribution in [0.25, 0.3) is 0 Å². The summed E-state index contributed by atoms with van der Waals surface area (Å²) in [6, 6.07) is 5.77. The number of rotatable bonds is 3. The smallest absolute Gasteiger partial charge is 0.170 e. The lowest BCUT2D eigenvalue weighted by molar-refractivity contribution is 0.114. The van der Waals surface area contributed by atoms with Gasteiger partial charge in [-0.05, 0) is 43.6 Å². The van der Waals surface area contributed by atoms with Gasteiger partial charge in [0.25, 0.3) is 0 Å². The van der Waals surface area contributed by atoms with E-state index in [2.05, 4.69) is 10.6 Å². The number of nitrogens with one attached hydrogen (secondary N) is 2. The lowest BCUT2D eigenvalue weighted by atomic mass is 10.2. The first kappa shape index (κ1) is 13.6. The Labute approximate surface area is 118 Å². The Morgan fingerprint density at radius 1 is 1.56 bits per heavy atom. The lowest BCUT2D eigenvalue weighted by Crippen LogP contribution is -2.35. The van der Waals surface area contributed by atoms with Gasteiger partial charge < -0.3 is 15.4 Å². The summed E-state index contributed by atoms with van der Waals surface area (Å²) >= 11 is 11.4. The van der Waals surface area contributed by atoms with Gasteiger partial charge in [0.15, 0.2) is 5.11 Å². The summed E-state index contributed by atoms with van der Waals surface area (Å²) in [6.45, 7) is 3.60. The van der Waals surface area contributed by atoms with Crippen molar-refractivity contribution in [2.24, 2.45) is 0 Å². The number of ether oxygens (including phenoxy) is 1. The van der Waals surface area contributed by atoms with Gasteiger partial charge in [-0.15, -0.1) is 0 Å². The van der Waals surface area contributed by atoms with E-state index in [9.17, 15) is 0 Å². The molecule has 1 aromatic carbocycles. The molecule has 1 fully saturated rings. The molecule has 1 saturated heterocycles. The Morgan fingerprint density at radius 3 is 3.06 bits per heavy atom. The second kappa shape index (κ2) is 6.36. The number of benzene rings is 1. The van der Waals surface area contributed by atoms with E-state index in [0.29, 0.717) is 10.1 Å². The van der Waals surface area contributed by atoms with E-state index in [0.717, 1.165) is 37.2 Å². The van der Waals surface area contributed by atoms with Crippen LogP contribution in [-0.4, -0.2) is 24.4 Å². The van der Waals surface area contributed by atoms with Crippen molar-refractivity contribution < 1.29 is 4.74 Å². The van der Waals surface area contributed by atoms with E-state index in [-0.39, 0.29) is 6.10 Å². The van der Waals surface area contributed by atoms with Crippen LogP contribution in [-0.2, 0) is 4.74 Å². The molecule has 1 unspecified atom stereocenters. The van der Waals surface area contributed by atoms with Crippen molar-refractivity contribution in [1.82, 2.24) is 5.32 Å². The summed E-state index contributed by atoms with van der Waals surface area (Å²) in [4.78, 5) is 0. The molecule has 0 saturated carbocycles. The average Bonchev–Trinajstić information content (AvgIpc) is 2.84. The van der Waals surface area contributed by atoms with Gasteiger partial charge in [0, 0.05) is 13.2 Å². The maximum Gasteiger partial charge on any atom is 0.170 e. The SMILES string of the molecule is Cc1cccc(Cl)c1NC(=S)NCC1CCCO1. The van der Waals surface area contributed by atoms with Crippen molar-refractivity contribution in [3.8, 4) is 0 Å². The van der Waals surface area contributed by atoms with Crippen LogP contribution in [0.3, 0.4) is 0 Å². The van der Waals surface area contributed by atoms with Gasteiger partial charge in [-0.2, -0.15) is 0 Å². The minimum atomic E-state index is 0.275. The summed E-state index contributed by atoms with van der Waals surface area (Å²) in [7, 11) is 0. The topological polar surface area (TPSA) is 33.3 Å². The van der Waals surface area contributed by atoms with Gasteiger partial charge in [-0.25, -0.2) is 0 Å². The van der Waals surface area contributed by atoms with Crippen molar-refractivity contribution >= 4 is 34.6 Å². The third-order valence-corrected chi connectivity index (χ3v) is 3.54. The summed E-state index contributed by atoms with van der Waals surface area (Å²) in [5, 5.41) is 7.56. The molecule has 0 spiro atoms. The molecule has 1 heterocycles. The van der Waals surface area contributed by atoms with Gasteiger partial charge >= 0.3 is 0 Å². The fourth-order valence-corrected chi connectivity index (χ4v) is 2.41. The molecule has 1 aliphatic heterocycles. The molecule has 2 rings (SSSR count). The van der Waals surface area contributed by atoms with Gasteiger partial charge in [0.1, 0.15) is 0 Å². The van der Waals surface area contributed by atoms with Crippen molar-refractivity contribution in [1.29, 1.82) is 0 Å². The van der Waals surface area contributed by atoms with Gasteiger partial charge in [0.05, 0.1) is 16.8 Å². The molecule has 0 bridgehead atoms. The molecule has 98 valence electrons. The minimum absolute atomic E-state index is 0.275. The first-order valence-electron chi connectivity index (χ1n) is 6.08. The highest BCUT2D eigenvalue weighted by molar-refractivity contribution is 7.80. The average molecular weight is 285 g/mol. The van der Waals surface area contributed by atoms with Crippen LogP contribution in [0.15, 0.2) is 18.2 Å². The molecular weight excluding hydrogens is 268 g/mol. The zero-order chi connectivity index (χ0) is 13.0. The lowest BCUT2D eigenvalue weighted by Gasteiger charge is -2.16. The number of hydrogen-bond donors (Lipinski definition) is 2. The molecule has 18 heavy (non-hydrogen) atoms. The zero-order valence-electron chi connectivity index (χ0n) is 10.3. The minimum Gasteiger partial charge on any atom is -0.376 e. The number of para-hydroxylation sites is 1. The molecule has 1 aliphatic rings. The maximum atomic E-state index is 6.13. The highest BCUT2D eigenvalue weighted by Crippen LogP contribution is 2.25. The van der Waals surface area contributed by atoms with Crippen LogP contribution in [0.2, 0.25) is 5.02 Å². The molecule has 0 radical (unpaired) electrons. The summed E-state index contributed by atoms with van der Waals surface area (Å²) in [5.74, 6) is 0. The van der Waals surface area contributed by atoms with E-state index in [4.69, 9.17) is 28.6 Å². The number of anilines is 1. The first-order valence-corrected chi connectivity index (χ1v) is 6.87. The Balaban J connectivity index is 1.86. The van der Waals surface area contributed by atoms with Gasteiger partial charge in [-0.3, -0.25) is 0 Å². The standard InChI is InChI=1S/C13H17ClN2OS/c1-9-4-2-6-11(14)12(9)16-13(18)15-8-10-5-3-7-17-10/h2,4,6,10H,3,5,7-8H2,1H3,(H2,15,16,18). The summed E-state index contributed by atoms with van der Waals surface area (Å²) in [6.07, 6.45) is 2.51. The zero-order valence-corrected chi connectivity index (χ0v) is 11.9. The first-order chi connectivity index (χ1) is 8.66. The van der Waals surface area contributed by atoms with E-state index in [1.807, 2.05) is 25.1 Å². The highest BCUT2D eigenvalue weighted by atomic mass is 35.5. The Bertz CT molecular complexity index is 413. The molecule has 1 atom stereocenters. The molecule has 0 aliphatic carbocycles. The third kappa shape index (κ3) is 3.57.